The monoisotopic (exact) mass is 474 g/mol. The molecule has 8 heteroatoms. The molecule has 1 N–H and O–H groups in total. The molecule has 4 rings (SSSR count). The van der Waals surface area contributed by atoms with Crippen molar-refractivity contribution in [3.05, 3.63) is 83.7 Å². The molecule has 0 bridgehead atoms. The molecule has 1 saturated heterocycles. The maximum Gasteiger partial charge on any atom is 0.254 e. The van der Waals surface area contributed by atoms with E-state index in [1.165, 1.54) is 0 Å². The summed E-state index contributed by atoms with van der Waals surface area (Å²) in [6.07, 6.45) is 3.52. The molecule has 3 aromatic rings. The molecule has 0 saturated carbocycles. The molecule has 1 aromatic heterocycles. The molecule has 2 amide bonds. The number of nitrogens with zero attached hydrogens (tertiary/aromatic N) is 3. The van der Waals surface area contributed by atoms with Crippen LogP contribution >= 0.6 is 0 Å². The van der Waals surface area contributed by atoms with Crippen LogP contribution < -0.4 is 14.8 Å². The van der Waals surface area contributed by atoms with Crippen LogP contribution in [0.5, 0.6) is 11.5 Å². The van der Waals surface area contributed by atoms with Crippen LogP contribution in [0, 0.1) is 0 Å². The molecular weight excluding hydrogens is 444 g/mol. The first-order chi connectivity index (χ1) is 17.0. The van der Waals surface area contributed by atoms with E-state index in [9.17, 15) is 9.59 Å². The lowest BCUT2D eigenvalue weighted by atomic mass is 10.00. The number of carbonyl (C=O) groups is 2. The van der Waals surface area contributed by atoms with Crippen LogP contribution in [0.2, 0.25) is 0 Å². The van der Waals surface area contributed by atoms with E-state index in [0.717, 1.165) is 16.8 Å². The zero-order valence-electron chi connectivity index (χ0n) is 20.2. The van der Waals surface area contributed by atoms with Gasteiger partial charge in [0.25, 0.3) is 5.91 Å². The number of para-hydroxylation sites is 1. The third-order valence-electron chi connectivity index (χ3n) is 6.22. The van der Waals surface area contributed by atoms with Gasteiger partial charge >= 0.3 is 0 Å². The molecule has 1 fully saturated rings. The third kappa shape index (κ3) is 5.37. The Hall–Kier alpha value is -4.07. The predicted molar refractivity (Wildman–Crippen MR) is 134 cm³/mol. The highest BCUT2D eigenvalue weighted by molar-refractivity contribution is 5.96. The van der Waals surface area contributed by atoms with E-state index in [2.05, 4.69) is 10.3 Å². The number of hydrogen-bond donors (Lipinski definition) is 1. The van der Waals surface area contributed by atoms with Gasteiger partial charge in [-0.2, -0.15) is 0 Å². The molecule has 0 aliphatic carbocycles. The van der Waals surface area contributed by atoms with Gasteiger partial charge in [0.2, 0.25) is 5.91 Å². The van der Waals surface area contributed by atoms with Gasteiger partial charge in [0.1, 0.15) is 11.5 Å². The van der Waals surface area contributed by atoms with Crippen molar-refractivity contribution in [3.63, 3.8) is 0 Å². The van der Waals surface area contributed by atoms with Gasteiger partial charge in [0, 0.05) is 56.6 Å². The Morgan fingerprint density at radius 2 is 1.83 bits per heavy atom. The predicted octanol–water partition coefficient (Wildman–Crippen LogP) is 3.76. The molecular formula is C27H30N4O4. The van der Waals surface area contributed by atoms with E-state index in [1.807, 2.05) is 42.5 Å². The van der Waals surface area contributed by atoms with Gasteiger partial charge < -0.3 is 24.6 Å². The molecule has 2 heterocycles. The minimum atomic E-state index is -0.289. The topological polar surface area (TPSA) is 84.0 Å². The van der Waals surface area contributed by atoms with E-state index < -0.39 is 0 Å². The number of ether oxygens (including phenoxy) is 2. The van der Waals surface area contributed by atoms with E-state index >= 15 is 0 Å². The highest BCUT2D eigenvalue weighted by Crippen LogP contribution is 2.33. The second kappa shape index (κ2) is 10.9. The Balaban J connectivity index is 1.57. The average Bonchev–Trinajstić information content (AvgIpc) is 2.91. The highest BCUT2D eigenvalue weighted by Gasteiger charge is 2.34. The standard InChI is InChI=1S/C27H30N4O4/c1-19(32)31-14-13-30(18-24(31)22-8-4-5-9-25(22)34-2)27(33)21-10-11-26(35-3)23(15-21)29-17-20-7-6-12-28-16-20/h4-12,15-16,24,29H,13-14,17-18H2,1-3H3. The normalized spacial score (nSPS) is 15.5. The van der Waals surface area contributed by atoms with Crippen molar-refractivity contribution >= 4 is 17.5 Å². The number of anilines is 1. The maximum absolute atomic E-state index is 13.5. The maximum atomic E-state index is 13.5. The van der Waals surface area contributed by atoms with Crippen LogP contribution in [-0.4, -0.2) is 60.5 Å². The van der Waals surface area contributed by atoms with Crippen molar-refractivity contribution in [2.24, 2.45) is 0 Å². The minimum absolute atomic E-state index is 0.0284. The first-order valence-electron chi connectivity index (χ1n) is 11.5. The van der Waals surface area contributed by atoms with E-state index in [4.69, 9.17) is 9.47 Å². The van der Waals surface area contributed by atoms with Crippen LogP contribution in [0.25, 0.3) is 0 Å². The van der Waals surface area contributed by atoms with Crippen LogP contribution in [0.15, 0.2) is 67.0 Å². The Bertz CT molecular complexity index is 1180. The van der Waals surface area contributed by atoms with Crippen molar-refractivity contribution in [3.8, 4) is 11.5 Å². The summed E-state index contributed by atoms with van der Waals surface area (Å²) in [5.41, 5.74) is 3.18. The van der Waals surface area contributed by atoms with Crippen LogP contribution in [0.3, 0.4) is 0 Å². The first kappa shape index (κ1) is 24.1. The summed E-state index contributed by atoms with van der Waals surface area (Å²) in [4.78, 5) is 33.7. The number of nitrogens with one attached hydrogen (secondary N) is 1. The average molecular weight is 475 g/mol. The molecule has 1 aliphatic rings. The van der Waals surface area contributed by atoms with E-state index in [-0.39, 0.29) is 17.9 Å². The number of amides is 2. The van der Waals surface area contributed by atoms with Crippen molar-refractivity contribution in [1.82, 2.24) is 14.8 Å². The fourth-order valence-corrected chi connectivity index (χ4v) is 4.41. The summed E-state index contributed by atoms with van der Waals surface area (Å²) in [5.74, 6) is 1.22. The molecule has 8 nitrogen and oxygen atoms in total. The number of aromatic nitrogens is 1. The summed E-state index contributed by atoms with van der Waals surface area (Å²) in [7, 11) is 3.21. The third-order valence-corrected chi connectivity index (χ3v) is 6.22. The molecule has 0 spiro atoms. The summed E-state index contributed by atoms with van der Waals surface area (Å²) >= 11 is 0. The van der Waals surface area contributed by atoms with Gasteiger partial charge in [0.05, 0.1) is 25.9 Å². The molecule has 1 atom stereocenters. The van der Waals surface area contributed by atoms with Crippen molar-refractivity contribution in [1.29, 1.82) is 0 Å². The van der Waals surface area contributed by atoms with Gasteiger partial charge in [-0.3, -0.25) is 14.6 Å². The van der Waals surface area contributed by atoms with Crippen LogP contribution in [0.4, 0.5) is 5.69 Å². The molecule has 0 radical (unpaired) electrons. The lowest BCUT2D eigenvalue weighted by Crippen LogP contribution is -2.51. The molecule has 1 aliphatic heterocycles. The number of rotatable bonds is 7. The van der Waals surface area contributed by atoms with Gasteiger partial charge in [-0.1, -0.05) is 24.3 Å². The lowest BCUT2D eigenvalue weighted by Gasteiger charge is -2.41. The smallest absolute Gasteiger partial charge is 0.254 e. The fourth-order valence-electron chi connectivity index (χ4n) is 4.41. The van der Waals surface area contributed by atoms with Crippen molar-refractivity contribution < 1.29 is 19.1 Å². The van der Waals surface area contributed by atoms with E-state index in [0.29, 0.717) is 43.2 Å². The zero-order valence-corrected chi connectivity index (χ0v) is 20.2. The van der Waals surface area contributed by atoms with Crippen LogP contribution in [0.1, 0.15) is 34.5 Å². The molecule has 1 unspecified atom stereocenters. The highest BCUT2D eigenvalue weighted by atomic mass is 16.5. The number of benzene rings is 2. The number of piperazine rings is 1. The number of hydrogen-bond acceptors (Lipinski definition) is 6. The second-order valence-corrected chi connectivity index (χ2v) is 8.35. The quantitative estimate of drug-likeness (QED) is 0.562. The lowest BCUT2D eigenvalue weighted by molar-refractivity contribution is -0.133. The number of pyridine rings is 1. The van der Waals surface area contributed by atoms with Gasteiger partial charge in [-0.25, -0.2) is 0 Å². The number of carbonyl (C=O) groups excluding carboxylic acids is 2. The minimum Gasteiger partial charge on any atom is -0.496 e. The van der Waals surface area contributed by atoms with Gasteiger partial charge in [-0.05, 0) is 35.9 Å². The van der Waals surface area contributed by atoms with Gasteiger partial charge in [-0.15, -0.1) is 0 Å². The van der Waals surface area contributed by atoms with Crippen molar-refractivity contribution in [2.45, 2.75) is 19.5 Å². The fraction of sp³-hybridized carbons (Fsp3) is 0.296. The second-order valence-electron chi connectivity index (χ2n) is 8.35. The summed E-state index contributed by atoms with van der Waals surface area (Å²) in [6.45, 7) is 3.39. The Kier molecular flexibility index (Phi) is 7.50. The zero-order chi connectivity index (χ0) is 24.8. The Labute approximate surface area is 205 Å². The van der Waals surface area contributed by atoms with Crippen LogP contribution in [-0.2, 0) is 11.3 Å². The van der Waals surface area contributed by atoms with E-state index in [1.54, 1.807) is 55.5 Å². The van der Waals surface area contributed by atoms with Crippen molar-refractivity contribution in [2.75, 3.05) is 39.2 Å². The largest absolute Gasteiger partial charge is 0.496 e. The molecule has 35 heavy (non-hydrogen) atoms. The summed E-state index contributed by atoms with van der Waals surface area (Å²) < 4.78 is 11.0. The summed E-state index contributed by atoms with van der Waals surface area (Å²) in [5, 5.41) is 3.35. The first-order valence-corrected chi connectivity index (χ1v) is 11.5. The Morgan fingerprint density at radius 1 is 1.03 bits per heavy atom. The molecule has 2 aromatic carbocycles. The van der Waals surface area contributed by atoms with Gasteiger partial charge in [0.15, 0.2) is 0 Å². The SMILES string of the molecule is COc1ccc(C(=O)N2CCN(C(C)=O)C(c3ccccc3OC)C2)cc1NCc1cccnc1. The summed E-state index contributed by atoms with van der Waals surface area (Å²) in [6, 6.07) is 16.6. The molecule has 182 valence electrons. The number of methoxy groups -OCH3 is 2. The Morgan fingerprint density at radius 3 is 2.54 bits per heavy atom.